The van der Waals surface area contributed by atoms with Crippen molar-refractivity contribution in [3.05, 3.63) is 66.5 Å². The van der Waals surface area contributed by atoms with Gasteiger partial charge in [-0.25, -0.2) is 9.97 Å². The molecule has 0 amide bonds. The second-order valence-corrected chi connectivity index (χ2v) is 9.62. The van der Waals surface area contributed by atoms with Crippen molar-refractivity contribution in [2.75, 3.05) is 26.1 Å². The molecule has 186 valence electrons. The topological polar surface area (TPSA) is 104 Å². The van der Waals surface area contributed by atoms with Gasteiger partial charge in [-0.05, 0) is 62.1 Å². The number of aliphatic hydroxyl groups excluding tert-OH is 1. The molecule has 3 fully saturated rings. The minimum Gasteiger partial charge on any atom is -0.494 e. The maximum atomic E-state index is 14.5. The number of aliphatic hydroxyl groups is 1. The van der Waals surface area contributed by atoms with E-state index in [1.165, 1.54) is 13.2 Å². The van der Waals surface area contributed by atoms with Crippen molar-refractivity contribution in [2.45, 2.75) is 36.7 Å². The van der Waals surface area contributed by atoms with E-state index >= 15 is 0 Å². The summed E-state index contributed by atoms with van der Waals surface area (Å²) in [5.74, 6) is 1.41. The predicted molar refractivity (Wildman–Crippen MR) is 132 cm³/mol. The number of aromatic nitrogens is 3. The van der Waals surface area contributed by atoms with E-state index in [1.807, 2.05) is 22.7 Å². The van der Waals surface area contributed by atoms with Gasteiger partial charge in [0, 0.05) is 18.0 Å². The average Bonchev–Trinajstić information content (AvgIpc) is 3.33. The zero-order valence-electron chi connectivity index (χ0n) is 19.9. The highest BCUT2D eigenvalue weighted by molar-refractivity contribution is 5.85. The first-order valence-electron chi connectivity index (χ1n) is 12.0. The Labute approximate surface area is 207 Å². The smallest absolute Gasteiger partial charge is 0.207 e. The molecule has 0 atom stereocenters. The lowest BCUT2D eigenvalue weighted by Crippen LogP contribution is -2.55. The number of nitrogens with two attached hydrogens (primary N) is 1. The molecule has 0 radical (unpaired) electrons. The number of nitrogens with zero attached hydrogens (tertiary/aromatic N) is 3. The van der Waals surface area contributed by atoms with Crippen LogP contribution in [-0.4, -0.2) is 45.4 Å². The first kappa shape index (κ1) is 22.8. The summed E-state index contributed by atoms with van der Waals surface area (Å²) in [4.78, 5) is 9.40. The van der Waals surface area contributed by atoms with E-state index in [1.54, 1.807) is 30.5 Å². The molecule has 2 aromatic carbocycles. The van der Waals surface area contributed by atoms with Crippen LogP contribution in [0.15, 0.2) is 54.9 Å². The zero-order chi connectivity index (χ0) is 24.9. The van der Waals surface area contributed by atoms with Crippen LogP contribution in [0.25, 0.3) is 16.8 Å². The number of hydrogen-bond acceptors (Lipinski definition) is 7. The molecule has 1 saturated carbocycles. The highest BCUT2D eigenvalue weighted by Crippen LogP contribution is 2.50. The van der Waals surface area contributed by atoms with Gasteiger partial charge in [-0.2, -0.15) is 4.39 Å². The maximum absolute atomic E-state index is 14.5. The van der Waals surface area contributed by atoms with Gasteiger partial charge in [0.25, 0.3) is 0 Å². The van der Waals surface area contributed by atoms with E-state index in [2.05, 4.69) is 4.98 Å². The van der Waals surface area contributed by atoms with Crippen LogP contribution in [-0.2, 0) is 10.2 Å². The fourth-order valence-corrected chi connectivity index (χ4v) is 5.43. The van der Waals surface area contributed by atoms with Crippen molar-refractivity contribution in [2.24, 2.45) is 0 Å². The van der Waals surface area contributed by atoms with Crippen LogP contribution in [0.3, 0.4) is 0 Å². The molecule has 8 nitrogen and oxygen atoms in total. The number of halogens is 1. The SMILES string of the molecule is COc1cccc(Oc2ccc(-c3nc(C45CCC(CO)(CC4)OC5)n4ccnc(N)c34)cc2)c1F. The molecule has 4 heterocycles. The Balaban J connectivity index is 1.36. The van der Waals surface area contributed by atoms with Gasteiger partial charge in [-0.15, -0.1) is 0 Å². The number of nitrogen functional groups attached to an aromatic ring is 1. The van der Waals surface area contributed by atoms with E-state index in [-0.39, 0.29) is 23.5 Å². The number of hydrogen-bond donors (Lipinski definition) is 2. The lowest BCUT2D eigenvalue weighted by molar-refractivity contribution is -0.177. The number of benzene rings is 2. The Hall–Kier alpha value is -3.69. The summed E-state index contributed by atoms with van der Waals surface area (Å²) in [7, 11) is 1.41. The van der Waals surface area contributed by atoms with Crippen LogP contribution in [0.2, 0.25) is 0 Å². The number of imidazole rings is 1. The zero-order valence-corrected chi connectivity index (χ0v) is 19.9. The first-order valence-corrected chi connectivity index (χ1v) is 12.0. The summed E-state index contributed by atoms with van der Waals surface area (Å²) in [6.07, 6.45) is 6.92. The average molecular weight is 491 g/mol. The molecule has 2 saturated heterocycles. The van der Waals surface area contributed by atoms with E-state index in [4.69, 9.17) is 24.9 Å². The van der Waals surface area contributed by atoms with Gasteiger partial charge < -0.3 is 25.1 Å². The Morgan fingerprint density at radius 2 is 1.86 bits per heavy atom. The molecular weight excluding hydrogens is 463 g/mol. The van der Waals surface area contributed by atoms with Crippen LogP contribution in [0, 0.1) is 5.82 Å². The standard InChI is InChI=1S/C27H27FN4O4/c1-34-19-3-2-4-20(21(19)28)36-18-7-5-17(6-8-18)22-23-24(29)30-13-14-32(23)25(31-22)26-9-11-27(15-33,12-10-26)35-16-26/h2-8,13-14,33H,9-12,15-16H2,1H3,(H2,29,30). The van der Waals surface area contributed by atoms with Gasteiger partial charge in [0.1, 0.15) is 28.6 Å². The Morgan fingerprint density at radius 3 is 2.53 bits per heavy atom. The minimum absolute atomic E-state index is 0.0433. The third kappa shape index (κ3) is 3.50. The highest BCUT2D eigenvalue weighted by atomic mass is 19.1. The third-order valence-corrected chi connectivity index (χ3v) is 7.62. The van der Waals surface area contributed by atoms with Crippen molar-refractivity contribution in [3.8, 4) is 28.5 Å². The number of rotatable bonds is 6. The molecule has 1 aliphatic carbocycles. The van der Waals surface area contributed by atoms with Crippen LogP contribution in [0.5, 0.6) is 17.2 Å². The van der Waals surface area contributed by atoms with Crippen LogP contribution < -0.4 is 15.2 Å². The predicted octanol–water partition coefficient (Wildman–Crippen LogP) is 4.49. The maximum Gasteiger partial charge on any atom is 0.207 e. The fourth-order valence-electron chi connectivity index (χ4n) is 5.43. The van der Waals surface area contributed by atoms with Gasteiger partial charge in [0.05, 0.1) is 31.3 Å². The third-order valence-electron chi connectivity index (χ3n) is 7.62. The molecule has 3 aliphatic rings. The molecule has 2 aliphatic heterocycles. The molecule has 3 N–H and O–H groups in total. The van der Waals surface area contributed by atoms with Gasteiger partial charge in [-0.3, -0.25) is 4.40 Å². The first-order chi connectivity index (χ1) is 17.5. The van der Waals surface area contributed by atoms with Crippen molar-refractivity contribution in [1.82, 2.24) is 14.4 Å². The number of fused-ring (bicyclic) bond motifs is 4. The van der Waals surface area contributed by atoms with Crippen molar-refractivity contribution >= 4 is 11.3 Å². The van der Waals surface area contributed by atoms with Crippen molar-refractivity contribution in [3.63, 3.8) is 0 Å². The largest absolute Gasteiger partial charge is 0.494 e. The normalized spacial score (nSPS) is 23.2. The molecule has 2 aromatic heterocycles. The summed E-state index contributed by atoms with van der Waals surface area (Å²) in [5.41, 5.74) is 7.95. The van der Waals surface area contributed by atoms with Gasteiger partial charge in [-0.1, -0.05) is 6.07 Å². The molecular formula is C27H27FN4O4. The summed E-state index contributed by atoms with van der Waals surface area (Å²) < 4.78 is 33.5. The molecule has 2 bridgehead atoms. The van der Waals surface area contributed by atoms with E-state index < -0.39 is 11.4 Å². The van der Waals surface area contributed by atoms with Crippen LogP contribution in [0.1, 0.15) is 31.5 Å². The molecule has 0 unspecified atom stereocenters. The van der Waals surface area contributed by atoms with Crippen molar-refractivity contribution in [1.29, 1.82) is 0 Å². The minimum atomic E-state index is -0.556. The van der Waals surface area contributed by atoms with Crippen LogP contribution in [0.4, 0.5) is 10.2 Å². The second kappa shape index (κ2) is 8.46. The molecule has 0 spiro atoms. The summed E-state index contributed by atoms with van der Waals surface area (Å²) in [6.45, 7) is 0.550. The highest BCUT2D eigenvalue weighted by Gasteiger charge is 2.52. The van der Waals surface area contributed by atoms with E-state index in [0.29, 0.717) is 23.9 Å². The lowest BCUT2D eigenvalue weighted by Gasteiger charge is -2.51. The molecule has 9 heteroatoms. The van der Waals surface area contributed by atoms with Gasteiger partial charge in [0.15, 0.2) is 11.5 Å². The van der Waals surface area contributed by atoms with E-state index in [0.717, 1.165) is 42.6 Å². The Morgan fingerprint density at radius 1 is 1.11 bits per heavy atom. The summed E-state index contributed by atoms with van der Waals surface area (Å²) >= 11 is 0. The van der Waals surface area contributed by atoms with Crippen molar-refractivity contribution < 1.29 is 23.7 Å². The van der Waals surface area contributed by atoms with Gasteiger partial charge in [0.2, 0.25) is 5.82 Å². The molecule has 4 aromatic rings. The monoisotopic (exact) mass is 490 g/mol. The molecule has 36 heavy (non-hydrogen) atoms. The number of anilines is 1. The second-order valence-electron chi connectivity index (χ2n) is 9.62. The summed E-state index contributed by atoms with van der Waals surface area (Å²) in [6, 6.07) is 12.0. The Bertz CT molecular complexity index is 1410. The summed E-state index contributed by atoms with van der Waals surface area (Å²) in [5, 5.41) is 9.83. The Kier molecular flexibility index (Phi) is 5.35. The fraction of sp³-hybridized carbons (Fsp3) is 0.333. The van der Waals surface area contributed by atoms with E-state index in [9.17, 15) is 9.50 Å². The quantitative estimate of drug-likeness (QED) is 0.410. The van der Waals surface area contributed by atoms with Gasteiger partial charge >= 0.3 is 0 Å². The molecule has 7 rings (SSSR count). The number of methoxy groups -OCH3 is 1. The van der Waals surface area contributed by atoms with Crippen LogP contribution >= 0.6 is 0 Å². The lowest BCUT2D eigenvalue weighted by atomic mass is 9.66. The number of ether oxygens (including phenoxy) is 3.